The first kappa shape index (κ1) is 11.5. The molecule has 4 heteroatoms. The largest absolute Gasteiger partial charge is 0.493 e. The summed E-state index contributed by atoms with van der Waals surface area (Å²) in [5, 5.41) is 10.0. The lowest BCUT2D eigenvalue weighted by molar-refractivity contribution is 0.433. The van der Waals surface area contributed by atoms with Crippen molar-refractivity contribution < 1.29 is 5.11 Å². The van der Waals surface area contributed by atoms with Crippen molar-refractivity contribution in [2.45, 2.75) is 26.2 Å². The molecule has 0 bridgehead atoms. The van der Waals surface area contributed by atoms with Crippen molar-refractivity contribution in [3.05, 3.63) is 46.5 Å². The van der Waals surface area contributed by atoms with Crippen molar-refractivity contribution in [2.75, 3.05) is 0 Å². The highest BCUT2D eigenvalue weighted by Crippen LogP contribution is 2.19. The molecule has 0 saturated carbocycles. The van der Waals surface area contributed by atoms with E-state index in [2.05, 4.69) is 11.9 Å². The Hall–Kier alpha value is -1.97. The lowest BCUT2D eigenvalue weighted by Gasteiger charge is -2.03. The van der Waals surface area contributed by atoms with E-state index in [-0.39, 0.29) is 11.6 Å². The first-order valence-corrected chi connectivity index (χ1v) is 5.82. The van der Waals surface area contributed by atoms with Crippen molar-refractivity contribution in [3.8, 4) is 11.6 Å². The maximum Gasteiger partial charge on any atom is 0.333 e. The molecule has 0 amide bonds. The molecule has 0 unspecified atom stereocenters. The van der Waals surface area contributed by atoms with Gasteiger partial charge in [0.1, 0.15) is 0 Å². The van der Waals surface area contributed by atoms with Gasteiger partial charge < -0.3 is 10.1 Å². The van der Waals surface area contributed by atoms with Crippen LogP contribution < -0.4 is 5.69 Å². The van der Waals surface area contributed by atoms with Crippen LogP contribution in [-0.4, -0.2) is 14.7 Å². The second-order valence-electron chi connectivity index (χ2n) is 4.01. The number of hydrogen-bond acceptors (Lipinski definition) is 2. The molecule has 0 saturated heterocycles. The van der Waals surface area contributed by atoms with Crippen molar-refractivity contribution in [1.82, 2.24) is 9.55 Å². The molecule has 1 heterocycles. The fourth-order valence-electron chi connectivity index (χ4n) is 1.82. The second-order valence-corrected chi connectivity index (χ2v) is 4.01. The number of benzene rings is 1. The van der Waals surface area contributed by atoms with E-state index < -0.39 is 0 Å². The molecule has 0 aliphatic carbocycles. The van der Waals surface area contributed by atoms with E-state index in [4.69, 9.17) is 0 Å². The molecule has 1 aromatic heterocycles. The highest BCUT2D eigenvalue weighted by atomic mass is 16.3. The number of H-pyrrole nitrogens is 1. The Balaban J connectivity index is 2.42. The molecule has 90 valence electrons. The summed E-state index contributed by atoms with van der Waals surface area (Å²) in [5.41, 5.74) is 0.995. The Morgan fingerprint density at radius 3 is 2.65 bits per heavy atom. The number of aryl methyl sites for hydroxylation is 1. The topological polar surface area (TPSA) is 58.0 Å². The van der Waals surface area contributed by atoms with E-state index in [0.29, 0.717) is 17.8 Å². The summed E-state index contributed by atoms with van der Waals surface area (Å²) in [6.45, 7) is 2.07. The average molecular weight is 232 g/mol. The predicted molar refractivity (Wildman–Crippen MR) is 66.7 cm³/mol. The van der Waals surface area contributed by atoms with Gasteiger partial charge in [-0.3, -0.25) is 0 Å². The van der Waals surface area contributed by atoms with Gasteiger partial charge in [0.25, 0.3) is 0 Å². The van der Waals surface area contributed by atoms with Crippen LogP contribution in [0.3, 0.4) is 0 Å². The summed E-state index contributed by atoms with van der Waals surface area (Å²) < 4.78 is 1.30. The van der Waals surface area contributed by atoms with Crippen LogP contribution in [-0.2, 0) is 6.42 Å². The van der Waals surface area contributed by atoms with Crippen LogP contribution in [0.5, 0.6) is 5.88 Å². The van der Waals surface area contributed by atoms with Gasteiger partial charge in [0.15, 0.2) is 0 Å². The average Bonchev–Trinajstić information content (AvgIpc) is 2.63. The molecule has 0 fully saturated rings. The predicted octanol–water partition coefficient (Wildman–Crippen LogP) is 2.21. The summed E-state index contributed by atoms with van der Waals surface area (Å²) in [4.78, 5) is 14.5. The Morgan fingerprint density at radius 2 is 2.00 bits per heavy atom. The lowest BCUT2D eigenvalue weighted by Crippen LogP contribution is -2.14. The maximum absolute atomic E-state index is 11.8. The van der Waals surface area contributed by atoms with Crippen LogP contribution in [0, 0.1) is 0 Å². The molecule has 1 aromatic carbocycles. The van der Waals surface area contributed by atoms with Crippen LogP contribution in [0.2, 0.25) is 0 Å². The van der Waals surface area contributed by atoms with Gasteiger partial charge in [-0.05, 0) is 25.0 Å². The molecule has 0 aliphatic heterocycles. The van der Waals surface area contributed by atoms with Crippen LogP contribution in [0.25, 0.3) is 5.69 Å². The molecule has 2 N–H and O–H groups in total. The van der Waals surface area contributed by atoms with Crippen LogP contribution in [0.1, 0.15) is 25.5 Å². The standard InChI is InChI=1S/C13H16N2O2/c1-2-3-9-11-12(16)15(13(17)14-11)10-7-5-4-6-8-10/h4-8,16H,2-3,9H2,1H3,(H,14,17). The maximum atomic E-state index is 11.8. The summed E-state index contributed by atoms with van der Waals surface area (Å²) in [5.74, 6) is 0.0228. The number of aromatic nitrogens is 2. The Labute approximate surface area is 99.5 Å². The first-order valence-electron chi connectivity index (χ1n) is 5.82. The van der Waals surface area contributed by atoms with E-state index in [1.54, 1.807) is 12.1 Å². The Bertz CT molecular complexity index is 540. The number of imidazole rings is 1. The van der Waals surface area contributed by atoms with Gasteiger partial charge in [-0.1, -0.05) is 31.5 Å². The van der Waals surface area contributed by atoms with E-state index in [1.165, 1.54) is 4.57 Å². The van der Waals surface area contributed by atoms with Gasteiger partial charge in [-0.15, -0.1) is 0 Å². The van der Waals surface area contributed by atoms with Gasteiger partial charge in [-0.2, -0.15) is 0 Å². The van der Waals surface area contributed by atoms with Crippen molar-refractivity contribution in [3.63, 3.8) is 0 Å². The van der Waals surface area contributed by atoms with Crippen LogP contribution in [0.4, 0.5) is 0 Å². The van der Waals surface area contributed by atoms with E-state index >= 15 is 0 Å². The zero-order valence-electron chi connectivity index (χ0n) is 9.81. The summed E-state index contributed by atoms with van der Waals surface area (Å²) in [6, 6.07) is 9.12. The summed E-state index contributed by atoms with van der Waals surface area (Å²) in [6.07, 6.45) is 2.66. The quantitative estimate of drug-likeness (QED) is 0.849. The first-order chi connectivity index (χ1) is 8.24. The van der Waals surface area contributed by atoms with E-state index in [9.17, 15) is 9.90 Å². The number of aromatic hydroxyl groups is 1. The van der Waals surface area contributed by atoms with Crippen molar-refractivity contribution in [2.24, 2.45) is 0 Å². The molecule has 0 aliphatic rings. The fourth-order valence-corrected chi connectivity index (χ4v) is 1.82. The van der Waals surface area contributed by atoms with Gasteiger partial charge in [0, 0.05) is 0 Å². The fraction of sp³-hybridized carbons (Fsp3) is 0.308. The van der Waals surface area contributed by atoms with Crippen LogP contribution >= 0.6 is 0 Å². The summed E-state index contributed by atoms with van der Waals surface area (Å²) in [7, 11) is 0. The summed E-state index contributed by atoms with van der Waals surface area (Å²) >= 11 is 0. The van der Waals surface area contributed by atoms with Crippen molar-refractivity contribution >= 4 is 0 Å². The monoisotopic (exact) mass is 232 g/mol. The second kappa shape index (κ2) is 4.91. The number of para-hydroxylation sites is 1. The zero-order valence-corrected chi connectivity index (χ0v) is 9.81. The smallest absolute Gasteiger partial charge is 0.333 e. The lowest BCUT2D eigenvalue weighted by atomic mass is 10.2. The molecule has 4 nitrogen and oxygen atoms in total. The third-order valence-corrected chi connectivity index (χ3v) is 2.74. The number of nitrogens with zero attached hydrogens (tertiary/aromatic N) is 1. The number of nitrogens with one attached hydrogen (secondary N) is 1. The SMILES string of the molecule is CCCCc1[nH]c(=O)n(-c2ccccc2)c1O. The van der Waals surface area contributed by atoms with Crippen molar-refractivity contribution in [1.29, 1.82) is 0 Å². The molecule has 17 heavy (non-hydrogen) atoms. The van der Waals surface area contributed by atoms with E-state index in [1.807, 2.05) is 18.2 Å². The molecule has 2 aromatic rings. The van der Waals surface area contributed by atoms with Crippen LogP contribution in [0.15, 0.2) is 35.1 Å². The zero-order chi connectivity index (χ0) is 12.3. The minimum Gasteiger partial charge on any atom is -0.493 e. The van der Waals surface area contributed by atoms with E-state index in [0.717, 1.165) is 12.8 Å². The molecule has 0 spiro atoms. The van der Waals surface area contributed by atoms with Gasteiger partial charge in [0.05, 0.1) is 11.4 Å². The third-order valence-electron chi connectivity index (χ3n) is 2.74. The molecular weight excluding hydrogens is 216 g/mol. The highest BCUT2D eigenvalue weighted by molar-refractivity contribution is 5.37. The molecule has 2 rings (SSSR count). The number of unbranched alkanes of at least 4 members (excludes halogenated alkanes) is 1. The van der Waals surface area contributed by atoms with Gasteiger partial charge >= 0.3 is 5.69 Å². The molecule has 0 atom stereocenters. The molecular formula is C13H16N2O2. The number of aromatic amines is 1. The highest BCUT2D eigenvalue weighted by Gasteiger charge is 2.13. The van der Waals surface area contributed by atoms with Gasteiger partial charge in [-0.25, -0.2) is 9.36 Å². The number of hydrogen-bond donors (Lipinski definition) is 2. The minimum absolute atomic E-state index is 0.0228. The van der Waals surface area contributed by atoms with Gasteiger partial charge in [0.2, 0.25) is 5.88 Å². The normalized spacial score (nSPS) is 10.6. The minimum atomic E-state index is -0.292. The third kappa shape index (κ3) is 2.25. The Morgan fingerprint density at radius 1 is 1.29 bits per heavy atom. The molecule has 0 radical (unpaired) electrons. The Kier molecular flexibility index (Phi) is 3.32. The number of rotatable bonds is 4.